The summed E-state index contributed by atoms with van der Waals surface area (Å²) in [5.74, 6) is -1.72. The number of carboxylic acid groups (broad SMARTS) is 1. The highest BCUT2D eigenvalue weighted by Crippen LogP contribution is 2.36. The second-order valence-corrected chi connectivity index (χ2v) is 8.32. The van der Waals surface area contributed by atoms with Crippen LogP contribution < -0.4 is 9.83 Å². The van der Waals surface area contributed by atoms with Gasteiger partial charge in [-0.1, -0.05) is 29.8 Å². The molecule has 1 atom stereocenters. The monoisotopic (exact) mass is 445 g/mol. The van der Waals surface area contributed by atoms with Crippen LogP contribution in [0, 0.1) is 0 Å². The van der Waals surface area contributed by atoms with E-state index in [1.165, 1.54) is 6.20 Å². The minimum absolute atomic E-state index is 0.273. The summed E-state index contributed by atoms with van der Waals surface area (Å²) < 4.78 is 65.9. The third-order valence-electron chi connectivity index (χ3n) is 4.23. The first-order valence-electron chi connectivity index (χ1n) is 8.14. The number of halogens is 4. The predicted octanol–water partition coefficient (Wildman–Crippen LogP) is 2.48. The Hall–Kier alpha value is -2.56. The van der Waals surface area contributed by atoms with Crippen LogP contribution >= 0.6 is 11.6 Å². The number of alkyl halides is 3. The third kappa shape index (κ3) is 4.55. The van der Waals surface area contributed by atoms with E-state index in [1.807, 2.05) is 4.72 Å². The summed E-state index contributed by atoms with van der Waals surface area (Å²) >= 11 is 5.49. The Labute approximate surface area is 168 Å². The highest BCUT2D eigenvalue weighted by Gasteiger charge is 2.35. The molecule has 2 aromatic carbocycles. The van der Waals surface area contributed by atoms with Gasteiger partial charge in [-0.15, -0.1) is 0 Å². The Kier molecular flexibility index (Phi) is 5.61. The molecule has 1 heterocycles. The van der Waals surface area contributed by atoms with Crippen molar-refractivity contribution in [3.05, 3.63) is 64.8 Å². The van der Waals surface area contributed by atoms with E-state index in [-0.39, 0.29) is 6.42 Å². The smallest absolute Gasteiger partial charge is 0.417 e. The van der Waals surface area contributed by atoms with Gasteiger partial charge < -0.3 is 14.9 Å². The number of H-pyrrole nitrogens is 1. The van der Waals surface area contributed by atoms with Gasteiger partial charge in [0.15, 0.2) is 0 Å². The first-order chi connectivity index (χ1) is 13.5. The fourth-order valence-corrected chi connectivity index (χ4v) is 4.27. The Morgan fingerprint density at radius 3 is 2.55 bits per heavy atom. The fourth-order valence-electron chi connectivity index (χ4n) is 2.84. The number of carbonyl (C=O) groups is 1. The van der Waals surface area contributed by atoms with E-state index in [4.69, 9.17) is 11.6 Å². The molecule has 2 N–H and O–H groups in total. The van der Waals surface area contributed by atoms with Gasteiger partial charge in [0.1, 0.15) is 0 Å². The first-order valence-corrected chi connectivity index (χ1v) is 10.00. The van der Waals surface area contributed by atoms with Crippen LogP contribution in [-0.2, 0) is 27.4 Å². The summed E-state index contributed by atoms with van der Waals surface area (Å²) in [6, 6.07) is 7.25. The van der Waals surface area contributed by atoms with Crippen LogP contribution in [0.3, 0.4) is 0 Å². The number of benzene rings is 2. The molecule has 0 saturated carbocycles. The molecule has 0 radical (unpaired) electrons. The number of fused-ring (bicyclic) bond motifs is 1. The average Bonchev–Trinajstić information content (AvgIpc) is 3.03. The second kappa shape index (κ2) is 7.69. The fraction of sp³-hybridized carbons (Fsp3) is 0.167. The summed E-state index contributed by atoms with van der Waals surface area (Å²) in [6.45, 7) is 0. The molecule has 11 heteroatoms. The van der Waals surface area contributed by atoms with E-state index in [1.54, 1.807) is 24.3 Å². The molecule has 154 valence electrons. The molecule has 0 amide bonds. The van der Waals surface area contributed by atoms with E-state index in [0.29, 0.717) is 17.0 Å². The molecule has 0 bridgehead atoms. The minimum Gasteiger partial charge on any atom is -0.548 e. The lowest BCUT2D eigenvalue weighted by Crippen LogP contribution is -2.49. The van der Waals surface area contributed by atoms with Crippen molar-refractivity contribution in [1.82, 2.24) is 9.71 Å². The Bertz CT molecular complexity index is 1180. The standard InChI is InChI=1S/C18H14ClF3N2O4S/c19-14-6-5-11(8-13(14)18(20,21)22)29(27,28)24-16(17(25)26)7-10-9-23-15-4-2-1-3-12(10)15/h1-6,8-9,16,23-24H,7H2,(H,25,26)/p-1/t16-/m1/s1. The van der Waals surface area contributed by atoms with Gasteiger partial charge in [0.25, 0.3) is 0 Å². The van der Waals surface area contributed by atoms with Crippen LogP contribution in [0.2, 0.25) is 5.02 Å². The number of aliphatic carboxylic acids is 1. The Morgan fingerprint density at radius 2 is 1.90 bits per heavy atom. The number of hydrogen-bond donors (Lipinski definition) is 2. The van der Waals surface area contributed by atoms with E-state index < -0.39 is 43.7 Å². The summed E-state index contributed by atoms with van der Waals surface area (Å²) in [4.78, 5) is 13.7. The zero-order chi connectivity index (χ0) is 21.4. The van der Waals surface area contributed by atoms with Crippen molar-refractivity contribution in [2.24, 2.45) is 0 Å². The first kappa shape index (κ1) is 21.2. The number of hydrogen-bond acceptors (Lipinski definition) is 4. The van der Waals surface area contributed by atoms with Gasteiger partial charge in [0.2, 0.25) is 10.0 Å². The largest absolute Gasteiger partial charge is 0.548 e. The van der Waals surface area contributed by atoms with Crippen LogP contribution in [0.25, 0.3) is 10.9 Å². The predicted molar refractivity (Wildman–Crippen MR) is 97.6 cm³/mol. The van der Waals surface area contributed by atoms with Gasteiger partial charge >= 0.3 is 6.18 Å². The molecule has 1 aromatic heterocycles. The van der Waals surface area contributed by atoms with E-state index in [0.717, 1.165) is 17.6 Å². The molecule has 0 aliphatic heterocycles. The van der Waals surface area contributed by atoms with Crippen LogP contribution in [0.5, 0.6) is 0 Å². The number of aromatic amines is 1. The van der Waals surface area contributed by atoms with Crippen LogP contribution in [0.4, 0.5) is 13.2 Å². The molecule has 6 nitrogen and oxygen atoms in total. The van der Waals surface area contributed by atoms with Gasteiger partial charge in [-0.25, -0.2) is 13.1 Å². The second-order valence-electron chi connectivity index (χ2n) is 6.20. The number of sulfonamides is 1. The molecule has 0 aliphatic carbocycles. The minimum atomic E-state index is -4.87. The lowest BCUT2D eigenvalue weighted by atomic mass is 10.1. The van der Waals surface area contributed by atoms with Crippen molar-refractivity contribution >= 4 is 38.5 Å². The maximum Gasteiger partial charge on any atom is 0.417 e. The highest BCUT2D eigenvalue weighted by molar-refractivity contribution is 7.89. The van der Waals surface area contributed by atoms with Gasteiger partial charge in [-0.2, -0.15) is 13.2 Å². The average molecular weight is 446 g/mol. The molecule has 0 aliphatic rings. The molecule has 0 spiro atoms. The topological polar surface area (TPSA) is 102 Å². The maximum atomic E-state index is 13.0. The van der Waals surface area contributed by atoms with Crippen molar-refractivity contribution in [2.45, 2.75) is 23.5 Å². The highest BCUT2D eigenvalue weighted by atomic mass is 35.5. The molecule has 3 aromatic rings. The maximum absolute atomic E-state index is 13.0. The number of aromatic nitrogens is 1. The SMILES string of the molecule is O=C([O-])[C@@H](Cc1c[nH]c2ccccc12)NS(=O)(=O)c1ccc(Cl)c(C(F)(F)F)c1. The zero-order valence-electron chi connectivity index (χ0n) is 14.5. The molecule has 0 fully saturated rings. The van der Waals surface area contributed by atoms with Gasteiger partial charge in [0, 0.05) is 17.1 Å². The molecule has 0 saturated heterocycles. The number of rotatable bonds is 6. The van der Waals surface area contributed by atoms with Gasteiger partial charge in [-0.05, 0) is 36.2 Å². The summed E-state index contributed by atoms with van der Waals surface area (Å²) in [5.41, 5.74) is -0.122. The number of para-hydroxylation sites is 1. The van der Waals surface area contributed by atoms with Gasteiger partial charge in [0.05, 0.1) is 27.5 Å². The summed E-state index contributed by atoms with van der Waals surface area (Å²) in [5, 5.41) is 11.5. The Morgan fingerprint density at radius 1 is 1.21 bits per heavy atom. The molecular weight excluding hydrogens is 433 g/mol. The van der Waals surface area contributed by atoms with E-state index in [9.17, 15) is 31.5 Å². The van der Waals surface area contributed by atoms with Crippen molar-refractivity contribution < 1.29 is 31.5 Å². The molecule has 29 heavy (non-hydrogen) atoms. The van der Waals surface area contributed by atoms with Crippen molar-refractivity contribution in [1.29, 1.82) is 0 Å². The van der Waals surface area contributed by atoms with Crippen LogP contribution in [0.15, 0.2) is 53.6 Å². The number of carboxylic acids is 1. The van der Waals surface area contributed by atoms with Crippen molar-refractivity contribution in [3.63, 3.8) is 0 Å². The zero-order valence-corrected chi connectivity index (χ0v) is 16.0. The molecular formula is C18H13ClF3N2O4S-. The molecule has 0 unspecified atom stereocenters. The summed E-state index contributed by atoms with van der Waals surface area (Å²) in [6.07, 6.45) is -3.62. The lowest BCUT2D eigenvalue weighted by Gasteiger charge is -2.20. The van der Waals surface area contributed by atoms with E-state index >= 15 is 0 Å². The van der Waals surface area contributed by atoms with Crippen molar-refractivity contribution in [3.8, 4) is 0 Å². The van der Waals surface area contributed by atoms with E-state index in [2.05, 4.69) is 4.98 Å². The van der Waals surface area contributed by atoms with Crippen molar-refractivity contribution in [2.75, 3.05) is 0 Å². The number of carbonyl (C=O) groups excluding carboxylic acids is 1. The van der Waals surface area contributed by atoms with Crippen LogP contribution in [0.1, 0.15) is 11.1 Å². The molecule has 3 rings (SSSR count). The lowest BCUT2D eigenvalue weighted by molar-refractivity contribution is -0.307. The normalized spacial score (nSPS) is 13.5. The summed E-state index contributed by atoms with van der Waals surface area (Å²) in [7, 11) is -4.60. The number of nitrogens with one attached hydrogen (secondary N) is 2. The quantitative estimate of drug-likeness (QED) is 0.608. The third-order valence-corrected chi connectivity index (χ3v) is 6.03. The van der Waals surface area contributed by atoms with Crippen LogP contribution in [-0.4, -0.2) is 25.4 Å². The van der Waals surface area contributed by atoms with Gasteiger partial charge in [-0.3, -0.25) is 0 Å². The Balaban J connectivity index is 1.91.